The van der Waals surface area contributed by atoms with E-state index < -0.39 is 0 Å². The average Bonchev–Trinajstić information content (AvgIpc) is 3.85. The molecule has 0 fully saturated rings. The van der Waals surface area contributed by atoms with Crippen LogP contribution in [0.5, 0.6) is 0 Å². The molecule has 52 heavy (non-hydrogen) atoms. The van der Waals surface area contributed by atoms with Crippen LogP contribution in [0.4, 0.5) is 0 Å². The van der Waals surface area contributed by atoms with E-state index in [1.165, 1.54) is 110 Å². The van der Waals surface area contributed by atoms with Crippen molar-refractivity contribution in [3.05, 3.63) is 170 Å². The van der Waals surface area contributed by atoms with Gasteiger partial charge in [-0.3, -0.25) is 0 Å². The Kier molecular flexibility index (Phi) is 4.94. The van der Waals surface area contributed by atoms with E-state index in [-0.39, 0.29) is 6.71 Å². The first-order chi connectivity index (χ1) is 25.8. The lowest BCUT2D eigenvalue weighted by molar-refractivity contribution is 1.14. The molecule has 0 spiro atoms. The SMILES string of the molecule is c1ccc(-c2cc3c4c(c2)c2ccccc2n4-c2cccc4c2B3c2c3c(cc5c6ccccc6n-4c25)c2ccccc2n3-c2ccccc2)cc1. The van der Waals surface area contributed by atoms with E-state index in [1.807, 2.05) is 0 Å². The summed E-state index contributed by atoms with van der Waals surface area (Å²) in [5.74, 6) is 0. The lowest BCUT2D eigenvalue weighted by Gasteiger charge is -2.34. The summed E-state index contributed by atoms with van der Waals surface area (Å²) in [5.41, 5.74) is 18.0. The minimum atomic E-state index is 0.00367. The quantitative estimate of drug-likeness (QED) is 0.165. The summed E-state index contributed by atoms with van der Waals surface area (Å²) in [5, 5.41) is 7.78. The maximum atomic E-state index is 2.58. The first-order valence-corrected chi connectivity index (χ1v) is 18.2. The van der Waals surface area contributed by atoms with Gasteiger partial charge in [0.05, 0.1) is 27.6 Å². The molecule has 0 saturated heterocycles. The van der Waals surface area contributed by atoms with Crippen molar-refractivity contribution in [3.8, 4) is 28.2 Å². The van der Waals surface area contributed by atoms with Crippen molar-refractivity contribution in [2.24, 2.45) is 0 Å². The number of para-hydroxylation sites is 4. The zero-order valence-electron chi connectivity index (χ0n) is 28.1. The number of rotatable bonds is 2. The van der Waals surface area contributed by atoms with Crippen molar-refractivity contribution >= 4 is 88.5 Å². The van der Waals surface area contributed by atoms with Gasteiger partial charge in [-0.05, 0) is 82.1 Å². The molecule has 11 aromatic rings. The molecule has 8 aromatic carbocycles. The van der Waals surface area contributed by atoms with Crippen LogP contribution in [-0.2, 0) is 0 Å². The minimum absolute atomic E-state index is 0.00367. The highest BCUT2D eigenvalue weighted by molar-refractivity contribution is 7.01. The third-order valence-electron chi connectivity index (χ3n) is 12.0. The minimum Gasteiger partial charge on any atom is -0.310 e. The Balaban J connectivity index is 1.32. The molecule has 13 rings (SSSR count). The van der Waals surface area contributed by atoms with Crippen molar-refractivity contribution in [3.63, 3.8) is 0 Å². The topological polar surface area (TPSA) is 14.8 Å². The maximum absolute atomic E-state index is 2.58. The number of hydrogen-bond acceptors (Lipinski definition) is 0. The van der Waals surface area contributed by atoms with Crippen LogP contribution < -0.4 is 16.4 Å². The number of aromatic nitrogens is 3. The van der Waals surface area contributed by atoms with Crippen LogP contribution in [0.3, 0.4) is 0 Å². The first kappa shape index (κ1) is 27.0. The highest BCUT2D eigenvalue weighted by atomic mass is 15.0. The fourth-order valence-corrected chi connectivity index (χ4v) is 10.1. The summed E-state index contributed by atoms with van der Waals surface area (Å²) < 4.78 is 7.68. The van der Waals surface area contributed by atoms with E-state index in [0.29, 0.717) is 0 Å². The molecule has 0 unspecified atom stereocenters. The molecule has 0 saturated carbocycles. The third-order valence-corrected chi connectivity index (χ3v) is 12.0. The van der Waals surface area contributed by atoms with Gasteiger partial charge in [0.25, 0.3) is 6.71 Å². The van der Waals surface area contributed by atoms with Gasteiger partial charge in [-0.15, -0.1) is 0 Å². The van der Waals surface area contributed by atoms with Crippen molar-refractivity contribution in [2.45, 2.75) is 0 Å². The van der Waals surface area contributed by atoms with Crippen molar-refractivity contribution in [1.29, 1.82) is 0 Å². The van der Waals surface area contributed by atoms with Crippen molar-refractivity contribution in [2.75, 3.05) is 0 Å². The Bertz CT molecular complexity index is 3350. The van der Waals surface area contributed by atoms with E-state index in [1.54, 1.807) is 0 Å². The Hall–Kier alpha value is -6.78. The van der Waals surface area contributed by atoms with Gasteiger partial charge in [0.2, 0.25) is 0 Å². The Morgan fingerprint density at radius 2 is 0.827 bits per heavy atom. The van der Waals surface area contributed by atoms with E-state index in [0.717, 1.165) is 0 Å². The normalized spacial score (nSPS) is 13.0. The van der Waals surface area contributed by atoms with Gasteiger partial charge < -0.3 is 13.7 Å². The van der Waals surface area contributed by atoms with Crippen LogP contribution in [0.2, 0.25) is 0 Å². The van der Waals surface area contributed by atoms with Gasteiger partial charge in [0.15, 0.2) is 0 Å². The standard InChI is InChI=1S/C48H28BN3/c1-3-14-29(15-4-1)30-26-35-32-18-8-11-22-40(32)51-42-24-13-25-43-44(42)49(38(27-30)46(35)51)45-47-36(28-37-34-20-9-12-23-41(34)52(43)48(37)45)33-19-7-10-21-39(33)50(47)31-16-5-2-6-17-31/h1-28H. The molecule has 4 heteroatoms. The van der Waals surface area contributed by atoms with E-state index in [2.05, 4.69) is 184 Å². The van der Waals surface area contributed by atoms with Gasteiger partial charge in [-0.1, -0.05) is 115 Å². The zero-order valence-corrected chi connectivity index (χ0v) is 28.1. The second-order valence-corrected chi connectivity index (χ2v) is 14.4. The monoisotopic (exact) mass is 657 g/mol. The van der Waals surface area contributed by atoms with Gasteiger partial charge in [0, 0.05) is 54.9 Å². The zero-order chi connectivity index (χ0) is 33.7. The van der Waals surface area contributed by atoms with Gasteiger partial charge in [0.1, 0.15) is 0 Å². The predicted octanol–water partition coefficient (Wildman–Crippen LogP) is 9.79. The van der Waals surface area contributed by atoms with E-state index in [9.17, 15) is 0 Å². The summed E-state index contributed by atoms with van der Waals surface area (Å²) in [6.45, 7) is 0.00367. The number of fused-ring (bicyclic) bond motifs is 14. The molecular formula is C48H28BN3. The molecule has 0 N–H and O–H groups in total. The van der Waals surface area contributed by atoms with Crippen LogP contribution in [0.1, 0.15) is 0 Å². The summed E-state index contributed by atoms with van der Waals surface area (Å²) in [4.78, 5) is 0. The summed E-state index contributed by atoms with van der Waals surface area (Å²) >= 11 is 0. The highest BCUT2D eigenvalue weighted by Gasteiger charge is 2.43. The largest absolute Gasteiger partial charge is 0.310 e. The van der Waals surface area contributed by atoms with Crippen LogP contribution >= 0.6 is 0 Å². The Morgan fingerprint density at radius 3 is 1.46 bits per heavy atom. The molecule has 0 aliphatic carbocycles. The number of hydrogen-bond donors (Lipinski definition) is 0. The lowest BCUT2D eigenvalue weighted by Crippen LogP contribution is -2.59. The number of benzene rings is 8. The highest BCUT2D eigenvalue weighted by Crippen LogP contribution is 2.43. The van der Waals surface area contributed by atoms with Crippen LogP contribution in [0.25, 0.3) is 93.6 Å². The van der Waals surface area contributed by atoms with Gasteiger partial charge in [-0.2, -0.15) is 0 Å². The second kappa shape index (κ2) is 9.51. The molecule has 5 heterocycles. The predicted molar refractivity (Wildman–Crippen MR) is 220 cm³/mol. The smallest absolute Gasteiger partial charge is 0.255 e. The summed E-state index contributed by atoms with van der Waals surface area (Å²) in [6, 6.07) is 63.2. The molecule has 3 nitrogen and oxygen atoms in total. The van der Waals surface area contributed by atoms with Gasteiger partial charge in [-0.25, -0.2) is 0 Å². The summed E-state index contributed by atoms with van der Waals surface area (Å²) in [7, 11) is 0. The van der Waals surface area contributed by atoms with Crippen LogP contribution in [0.15, 0.2) is 170 Å². The molecule has 3 aromatic heterocycles. The fourth-order valence-electron chi connectivity index (χ4n) is 10.1. The molecule has 238 valence electrons. The molecular weight excluding hydrogens is 629 g/mol. The second-order valence-electron chi connectivity index (χ2n) is 14.4. The lowest BCUT2D eigenvalue weighted by atomic mass is 9.34. The molecule has 0 bridgehead atoms. The first-order valence-electron chi connectivity index (χ1n) is 18.2. The van der Waals surface area contributed by atoms with Crippen molar-refractivity contribution < 1.29 is 0 Å². The van der Waals surface area contributed by atoms with Gasteiger partial charge >= 0.3 is 0 Å². The molecule has 2 aliphatic rings. The maximum Gasteiger partial charge on any atom is 0.255 e. The van der Waals surface area contributed by atoms with E-state index in [4.69, 9.17) is 0 Å². The van der Waals surface area contributed by atoms with E-state index >= 15 is 0 Å². The Labute approximate surface area is 299 Å². The molecule has 0 radical (unpaired) electrons. The van der Waals surface area contributed by atoms with Crippen LogP contribution in [-0.4, -0.2) is 20.4 Å². The van der Waals surface area contributed by atoms with Crippen LogP contribution in [0, 0.1) is 0 Å². The number of nitrogens with zero attached hydrogens (tertiary/aromatic N) is 3. The molecule has 0 atom stereocenters. The fraction of sp³-hybridized carbons (Fsp3) is 0. The van der Waals surface area contributed by atoms with Crippen molar-refractivity contribution in [1.82, 2.24) is 13.7 Å². The summed E-state index contributed by atoms with van der Waals surface area (Å²) in [6.07, 6.45) is 0. The Morgan fingerprint density at radius 1 is 0.327 bits per heavy atom. The average molecular weight is 658 g/mol. The molecule has 0 amide bonds. The third kappa shape index (κ3) is 3.16. The molecule has 2 aliphatic heterocycles.